The zero-order valence-corrected chi connectivity index (χ0v) is 10.4. The van der Waals surface area contributed by atoms with Crippen molar-refractivity contribution in [3.05, 3.63) is 35.4 Å². The number of rotatable bonds is 4. The molecule has 0 bridgehead atoms. The Morgan fingerprint density at radius 3 is 2.24 bits per heavy atom. The van der Waals surface area contributed by atoms with Gasteiger partial charge in [0.15, 0.2) is 0 Å². The molecule has 3 heteroatoms. The first kappa shape index (κ1) is 12.5. The van der Waals surface area contributed by atoms with Gasteiger partial charge in [-0.1, -0.05) is 13.8 Å². The number of hydrogen-bond acceptors (Lipinski definition) is 1. The van der Waals surface area contributed by atoms with E-state index in [1.54, 1.807) is 0 Å². The maximum absolute atomic E-state index is 13.1. The molecule has 2 rings (SSSR count). The highest BCUT2D eigenvalue weighted by Gasteiger charge is 2.27. The summed E-state index contributed by atoms with van der Waals surface area (Å²) in [5, 5.41) is 3.25. The van der Waals surface area contributed by atoms with Crippen molar-refractivity contribution in [2.45, 2.75) is 26.7 Å². The zero-order chi connectivity index (χ0) is 12.5. The number of benzene rings is 1. The molecule has 1 aromatic rings. The van der Waals surface area contributed by atoms with Crippen LogP contribution in [0.1, 0.15) is 25.8 Å². The van der Waals surface area contributed by atoms with Crippen molar-refractivity contribution in [3.63, 3.8) is 0 Å². The van der Waals surface area contributed by atoms with Crippen LogP contribution in [-0.4, -0.2) is 13.1 Å². The van der Waals surface area contributed by atoms with Crippen molar-refractivity contribution in [1.29, 1.82) is 0 Å². The first-order valence-corrected chi connectivity index (χ1v) is 6.10. The molecule has 1 N–H and O–H groups in total. The molecule has 1 aromatic carbocycles. The van der Waals surface area contributed by atoms with Gasteiger partial charge in [0, 0.05) is 6.07 Å². The molecule has 0 spiro atoms. The standard InChI is InChI=1S/C14H19F2N/c1-14(2,7-11-8-17-9-11)6-10-3-12(15)5-13(16)4-10/h3-5,11,17H,6-9H2,1-2H3. The van der Waals surface area contributed by atoms with Crippen LogP contribution in [0.4, 0.5) is 8.78 Å². The van der Waals surface area contributed by atoms with Crippen LogP contribution in [0.3, 0.4) is 0 Å². The predicted molar refractivity (Wildman–Crippen MR) is 64.8 cm³/mol. The summed E-state index contributed by atoms with van der Waals surface area (Å²) in [6.45, 7) is 6.46. The highest BCUT2D eigenvalue weighted by atomic mass is 19.1. The minimum atomic E-state index is -0.485. The minimum absolute atomic E-state index is 0.0903. The van der Waals surface area contributed by atoms with Gasteiger partial charge < -0.3 is 5.32 Å². The van der Waals surface area contributed by atoms with Gasteiger partial charge in [-0.25, -0.2) is 8.78 Å². The lowest BCUT2D eigenvalue weighted by molar-refractivity contribution is 0.210. The van der Waals surface area contributed by atoms with Gasteiger partial charge in [-0.15, -0.1) is 0 Å². The van der Waals surface area contributed by atoms with Gasteiger partial charge >= 0.3 is 0 Å². The van der Waals surface area contributed by atoms with E-state index in [1.807, 2.05) is 0 Å². The Bertz CT molecular complexity index is 377. The van der Waals surface area contributed by atoms with E-state index in [9.17, 15) is 8.78 Å². The molecule has 1 fully saturated rings. The molecule has 0 amide bonds. The van der Waals surface area contributed by atoms with Crippen molar-refractivity contribution < 1.29 is 8.78 Å². The summed E-state index contributed by atoms with van der Waals surface area (Å²) in [5.41, 5.74) is 0.840. The third-order valence-electron chi connectivity index (χ3n) is 3.31. The van der Waals surface area contributed by atoms with Gasteiger partial charge in [0.2, 0.25) is 0 Å². The van der Waals surface area contributed by atoms with Crippen LogP contribution in [0.5, 0.6) is 0 Å². The van der Waals surface area contributed by atoms with Gasteiger partial charge in [0.25, 0.3) is 0 Å². The largest absolute Gasteiger partial charge is 0.316 e. The van der Waals surface area contributed by atoms with Crippen LogP contribution in [0.15, 0.2) is 18.2 Å². The zero-order valence-electron chi connectivity index (χ0n) is 10.4. The first-order chi connectivity index (χ1) is 7.94. The maximum Gasteiger partial charge on any atom is 0.126 e. The van der Waals surface area contributed by atoms with Crippen LogP contribution in [0, 0.1) is 23.0 Å². The van der Waals surface area contributed by atoms with E-state index in [2.05, 4.69) is 19.2 Å². The van der Waals surface area contributed by atoms with E-state index in [0.29, 0.717) is 5.92 Å². The van der Waals surface area contributed by atoms with E-state index in [4.69, 9.17) is 0 Å². The van der Waals surface area contributed by atoms with E-state index in [0.717, 1.165) is 37.6 Å². The van der Waals surface area contributed by atoms with Crippen molar-refractivity contribution in [2.75, 3.05) is 13.1 Å². The van der Waals surface area contributed by atoms with E-state index < -0.39 is 11.6 Å². The predicted octanol–water partition coefficient (Wildman–Crippen LogP) is 3.14. The molecule has 0 aromatic heterocycles. The lowest BCUT2D eigenvalue weighted by Crippen LogP contribution is -2.44. The van der Waals surface area contributed by atoms with Crippen LogP contribution < -0.4 is 5.32 Å². The summed E-state index contributed by atoms with van der Waals surface area (Å²) in [4.78, 5) is 0. The topological polar surface area (TPSA) is 12.0 Å². The Balaban J connectivity index is 2.02. The summed E-state index contributed by atoms with van der Waals surface area (Å²) in [6, 6.07) is 3.79. The highest BCUT2D eigenvalue weighted by molar-refractivity contribution is 5.19. The molecular weight excluding hydrogens is 220 g/mol. The summed E-state index contributed by atoms with van der Waals surface area (Å²) in [6.07, 6.45) is 1.82. The van der Waals surface area contributed by atoms with Crippen LogP contribution >= 0.6 is 0 Å². The quantitative estimate of drug-likeness (QED) is 0.851. The molecule has 0 unspecified atom stereocenters. The first-order valence-electron chi connectivity index (χ1n) is 6.10. The molecule has 0 atom stereocenters. The average Bonchev–Trinajstić information content (AvgIpc) is 2.09. The Morgan fingerprint density at radius 1 is 1.18 bits per heavy atom. The van der Waals surface area contributed by atoms with Crippen LogP contribution in [-0.2, 0) is 6.42 Å². The summed E-state index contributed by atoms with van der Waals surface area (Å²) in [7, 11) is 0. The number of halogens is 2. The molecule has 1 nitrogen and oxygen atoms in total. The smallest absolute Gasteiger partial charge is 0.126 e. The average molecular weight is 239 g/mol. The number of hydrogen-bond donors (Lipinski definition) is 1. The lowest BCUT2D eigenvalue weighted by atomic mass is 9.76. The van der Waals surface area contributed by atoms with E-state index >= 15 is 0 Å². The lowest BCUT2D eigenvalue weighted by Gasteiger charge is -2.35. The van der Waals surface area contributed by atoms with E-state index in [-0.39, 0.29) is 5.41 Å². The van der Waals surface area contributed by atoms with Gasteiger partial charge in [-0.2, -0.15) is 0 Å². The molecule has 94 valence electrons. The molecule has 0 saturated carbocycles. The molecule has 0 aliphatic carbocycles. The molecule has 1 saturated heterocycles. The van der Waals surface area contributed by atoms with Gasteiger partial charge in [0.05, 0.1) is 0 Å². The summed E-state index contributed by atoms with van der Waals surface area (Å²) < 4.78 is 26.2. The Labute approximate surface area is 101 Å². The summed E-state index contributed by atoms with van der Waals surface area (Å²) in [5.74, 6) is -0.259. The monoisotopic (exact) mass is 239 g/mol. The molecular formula is C14H19F2N. The normalized spacial score (nSPS) is 16.9. The molecule has 1 aliphatic rings. The highest BCUT2D eigenvalue weighted by Crippen LogP contribution is 2.31. The fourth-order valence-corrected chi connectivity index (χ4v) is 2.61. The van der Waals surface area contributed by atoms with Crippen molar-refractivity contribution >= 4 is 0 Å². The van der Waals surface area contributed by atoms with Gasteiger partial charge in [-0.05, 0) is 55.0 Å². The minimum Gasteiger partial charge on any atom is -0.316 e. The van der Waals surface area contributed by atoms with Crippen LogP contribution in [0.25, 0.3) is 0 Å². The Hall–Kier alpha value is -0.960. The van der Waals surface area contributed by atoms with E-state index in [1.165, 1.54) is 12.1 Å². The fraction of sp³-hybridized carbons (Fsp3) is 0.571. The molecule has 17 heavy (non-hydrogen) atoms. The van der Waals surface area contributed by atoms with Crippen molar-refractivity contribution in [3.8, 4) is 0 Å². The summed E-state index contributed by atoms with van der Waals surface area (Å²) >= 11 is 0. The molecule has 0 radical (unpaired) electrons. The maximum atomic E-state index is 13.1. The van der Waals surface area contributed by atoms with Gasteiger partial charge in [-0.3, -0.25) is 0 Å². The van der Waals surface area contributed by atoms with Crippen molar-refractivity contribution in [1.82, 2.24) is 5.32 Å². The second-order valence-corrected chi connectivity index (χ2v) is 5.85. The Morgan fingerprint density at radius 2 is 1.76 bits per heavy atom. The molecule has 1 heterocycles. The number of nitrogens with one attached hydrogen (secondary N) is 1. The second kappa shape index (κ2) is 4.73. The van der Waals surface area contributed by atoms with Crippen molar-refractivity contribution in [2.24, 2.45) is 11.3 Å². The second-order valence-electron chi connectivity index (χ2n) is 5.85. The Kier molecular flexibility index (Phi) is 3.48. The fourth-order valence-electron chi connectivity index (χ4n) is 2.61. The third kappa shape index (κ3) is 3.50. The van der Waals surface area contributed by atoms with Gasteiger partial charge in [0.1, 0.15) is 11.6 Å². The van der Waals surface area contributed by atoms with Crippen LogP contribution in [0.2, 0.25) is 0 Å². The SMILES string of the molecule is CC(C)(Cc1cc(F)cc(F)c1)CC1CNC1. The third-order valence-corrected chi connectivity index (χ3v) is 3.31. The molecule has 1 aliphatic heterocycles.